The van der Waals surface area contributed by atoms with Gasteiger partial charge in [-0.15, -0.1) is 0 Å². The third-order valence-electron chi connectivity index (χ3n) is 3.04. The molecule has 2 rings (SSSR count). The maximum absolute atomic E-state index is 12.5. The van der Waals surface area contributed by atoms with Gasteiger partial charge in [-0.1, -0.05) is 28.1 Å². The summed E-state index contributed by atoms with van der Waals surface area (Å²) in [7, 11) is 0. The van der Waals surface area contributed by atoms with Gasteiger partial charge in [-0.05, 0) is 44.2 Å². The normalized spacial score (nSPS) is 10.3. The van der Waals surface area contributed by atoms with Crippen molar-refractivity contribution in [3.63, 3.8) is 0 Å². The number of aryl methyl sites for hydroxylation is 1. The lowest BCUT2D eigenvalue weighted by molar-refractivity contribution is 0.0750. The highest BCUT2D eigenvalue weighted by atomic mass is 79.9. The lowest BCUT2D eigenvalue weighted by atomic mass is 10.2. The second-order valence-electron chi connectivity index (χ2n) is 4.60. The first kappa shape index (κ1) is 14.7. The Balaban J connectivity index is 2.18. The van der Waals surface area contributed by atoms with E-state index in [0.717, 1.165) is 15.9 Å². The van der Waals surface area contributed by atoms with Crippen molar-refractivity contribution in [2.24, 2.45) is 0 Å². The van der Waals surface area contributed by atoms with Gasteiger partial charge >= 0.3 is 0 Å². The summed E-state index contributed by atoms with van der Waals surface area (Å²) in [5.74, 6) is 0.0251. The quantitative estimate of drug-likeness (QED) is 0.852. The SMILES string of the molecule is CCN(Cc1cccc(C)n1)C(=O)c1cccc(Br)c1. The fourth-order valence-electron chi connectivity index (χ4n) is 2.01. The Labute approximate surface area is 127 Å². The van der Waals surface area contributed by atoms with Gasteiger partial charge in [0.25, 0.3) is 5.91 Å². The molecule has 104 valence electrons. The van der Waals surface area contributed by atoms with E-state index in [1.165, 1.54) is 0 Å². The lowest BCUT2D eigenvalue weighted by Crippen LogP contribution is -2.30. The van der Waals surface area contributed by atoms with Crippen molar-refractivity contribution in [3.8, 4) is 0 Å². The van der Waals surface area contributed by atoms with Crippen LogP contribution in [0.4, 0.5) is 0 Å². The molecular formula is C16H17BrN2O. The van der Waals surface area contributed by atoms with E-state index >= 15 is 0 Å². The van der Waals surface area contributed by atoms with Crippen LogP contribution in [0.25, 0.3) is 0 Å². The van der Waals surface area contributed by atoms with Gasteiger partial charge in [0, 0.05) is 22.3 Å². The smallest absolute Gasteiger partial charge is 0.254 e. The van der Waals surface area contributed by atoms with Crippen molar-refractivity contribution >= 4 is 21.8 Å². The van der Waals surface area contributed by atoms with Crippen LogP contribution in [0.3, 0.4) is 0 Å². The maximum Gasteiger partial charge on any atom is 0.254 e. The summed E-state index contributed by atoms with van der Waals surface area (Å²) >= 11 is 3.39. The molecule has 1 aromatic carbocycles. The maximum atomic E-state index is 12.5. The van der Waals surface area contributed by atoms with Crippen molar-refractivity contribution in [2.45, 2.75) is 20.4 Å². The molecule has 0 bridgehead atoms. The minimum absolute atomic E-state index is 0.0251. The van der Waals surface area contributed by atoms with Gasteiger partial charge < -0.3 is 4.90 Å². The Morgan fingerprint density at radius 3 is 2.65 bits per heavy atom. The highest BCUT2D eigenvalue weighted by Crippen LogP contribution is 2.14. The molecule has 0 radical (unpaired) electrons. The highest BCUT2D eigenvalue weighted by Gasteiger charge is 2.15. The van der Waals surface area contributed by atoms with E-state index in [1.807, 2.05) is 56.3 Å². The molecule has 2 aromatic rings. The summed E-state index contributed by atoms with van der Waals surface area (Å²) < 4.78 is 0.910. The van der Waals surface area contributed by atoms with Crippen LogP contribution in [0.1, 0.15) is 28.7 Å². The topological polar surface area (TPSA) is 33.2 Å². The molecular weight excluding hydrogens is 316 g/mol. The van der Waals surface area contributed by atoms with Crippen molar-refractivity contribution in [1.29, 1.82) is 0 Å². The molecule has 0 N–H and O–H groups in total. The average molecular weight is 333 g/mol. The van der Waals surface area contributed by atoms with Crippen LogP contribution in [0.2, 0.25) is 0 Å². The Bertz CT molecular complexity index is 613. The van der Waals surface area contributed by atoms with Gasteiger partial charge in [0.1, 0.15) is 0 Å². The number of pyridine rings is 1. The number of carbonyl (C=O) groups is 1. The Morgan fingerprint density at radius 2 is 2.00 bits per heavy atom. The van der Waals surface area contributed by atoms with Gasteiger partial charge in [0.05, 0.1) is 12.2 Å². The molecule has 4 heteroatoms. The fraction of sp³-hybridized carbons (Fsp3) is 0.250. The number of nitrogens with zero attached hydrogens (tertiary/aromatic N) is 2. The molecule has 0 spiro atoms. The first-order valence-electron chi connectivity index (χ1n) is 6.57. The number of amides is 1. The number of halogens is 1. The Hall–Kier alpha value is -1.68. The molecule has 1 aromatic heterocycles. The summed E-state index contributed by atoms with van der Waals surface area (Å²) in [4.78, 5) is 18.7. The minimum atomic E-state index is 0.0251. The van der Waals surface area contributed by atoms with Crippen molar-refractivity contribution in [3.05, 3.63) is 63.9 Å². The summed E-state index contributed by atoms with van der Waals surface area (Å²) in [5, 5.41) is 0. The number of aromatic nitrogens is 1. The van der Waals surface area contributed by atoms with E-state index in [4.69, 9.17) is 0 Å². The van der Waals surface area contributed by atoms with E-state index in [0.29, 0.717) is 18.7 Å². The molecule has 0 unspecified atom stereocenters. The van der Waals surface area contributed by atoms with Crippen LogP contribution in [-0.2, 0) is 6.54 Å². The molecule has 0 fully saturated rings. The van der Waals surface area contributed by atoms with Crippen LogP contribution in [0, 0.1) is 6.92 Å². The van der Waals surface area contributed by atoms with E-state index in [2.05, 4.69) is 20.9 Å². The number of rotatable bonds is 4. The molecule has 3 nitrogen and oxygen atoms in total. The summed E-state index contributed by atoms with van der Waals surface area (Å²) in [5.41, 5.74) is 2.57. The van der Waals surface area contributed by atoms with E-state index in [1.54, 1.807) is 4.90 Å². The minimum Gasteiger partial charge on any atom is -0.333 e. The van der Waals surface area contributed by atoms with Crippen molar-refractivity contribution < 1.29 is 4.79 Å². The molecule has 0 saturated heterocycles. The van der Waals surface area contributed by atoms with Crippen LogP contribution in [0.5, 0.6) is 0 Å². The molecule has 0 atom stereocenters. The fourth-order valence-corrected chi connectivity index (χ4v) is 2.41. The third-order valence-corrected chi connectivity index (χ3v) is 3.53. The molecule has 0 saturated carbocycles. The van der Waals surface area contributed by atoms with Gasteiger partial charge in [-0.3, -0.25) is 9.78 Å². The van der Waals surface area contributed by atoms with Gasteiger partial charge in [0.15, 0.2) is 0 Å². The van der Waals surface area contributed by atoms with Gasteiger partial charge in [-0.2, -0.15) is 0 Å². The Kier molecular flexibility index (Phi) is 4.90. The second kappa shape index (κ2) is 6.66. The van der Waals surface area contributed by atoms with Crippen LogP contribution in [0.15, 0.2) is 46.9 Å². The molecule has 1 amide bonds. The standard InChI is InChI=1S/C16H17BrN2O/c1-3-19(11-15-9-4-6-12(2)18-15)16(20)13-7-5-8-14(17)10-13/h4-10H,3,11H2,1-2H3. The Morgan fingerprint density at radius 1 is 1.25 bits per heavy atom. The summed E-state index contributed by atoms with van der Waals surface area (Å²) in [6.07, 6.45) is 0. The summed E-state index contributed by atoms with van der Waals surface area (Å²) in [6.45, 7) is 5.12. The highest BCUT2D eigenvalue weighted by molar-refractivity contribution is 9.10. The number of hydrogen-bond acceptors (Lipinski definition) is 2. The van der Waals surface area contributed by atoms with Crippen molar-refractivity contribution in [2.75, 3.05) is 6.54 Å². The van der Waals surface area contributed by atoms with Crippen LogP contribution < -0.4 is 0 Å². The second-order valence-corrected chi connectivity index (χ2v) is 5.52. The van der Waals surface area contributed by atoms with Gasteiger partial charge in [0.2, 0.25) is 0 Å². The first-order valence-corrected chi connectivity index (χ1v) is 7.37. The molecule has 0 aliphatic heterocycles. The number of carbonyl (C=O) groups excluding carboxylic acids is 1. The van der Waals surface area contributed by atoms with Crippen LogP contribution >= 0.6 is 15.9 Å². The average Bonchev–Trinajstić information content (AvgIpc) is 2.44. The zero-order chi connectivity index (χ0) is 14.5. The zero-order valence-electron chi connectivity index (χ0n) is 11.6. The predicted molar refractivity (Wildman–Crippen MR) is 83.5 cm³/mol. The lowest BCUT2D eigenvalue weighted by Gasteiger charge is -2.20. The van der Waals surface area contributed by atoms with E-state index in [9.17, 15) is 4.79 Å². The third kappa shape index (κ3) is 3.67. The zero-order valence-corrected chi connectivity index (χ0v) is 13.2. The molecule has 0 aliphatic rings. The van der Waals surface area contributed by atoms with E-state index < -0.39 is 0 Å². The predicted octanol–water partition coefficient (Wildman–Crippen LogP) is 3.81. The summed E-state index contributed by atoms with van der Waals surface area (Å²) in [6, 6.07) is 13.3. The number of benzene rings is 1. The van der Waals surface area contributed by atoms with E-state index in [-0.39, 0.29) is 5.91 Å². The molecule has 0 aliphatic carbocycles. The van der Waals surface area contributed by atoms with Gasteiger partial charge in [-0.25, -0.2) is 0 Å². The van der Waals surface area contributed by atoms with Crippen molar-refractivity contribution in [1.82, 2.24) is 9.88 Å². The largest absolute Gasteiger partial charge is 0.333 e. The molecule has 1 heterocycles. The monoisotopic (exact) mass is 332 g/mol. The van der Waals surface area contributed by atoms with Crippen LogP contribution in [-0.4, -0.2) is 22.3 Å². The first-order chi connectivity index (χ1) is 9.60. The molecule has 20 heavy (non-hydrogen) atoms. The number of hydrogen-bond donors (Lipinski definition) is 0.